The van der Waals surface area contributed by atoms with Crippen LogP contribution in [-0.4, -0.2) is 42.9 Å². The Balaban J connectivity index is 1.43. The molecule has 0 radical (unpaired) electrons. The van der Waals surface area contributed by atoms with Gasteiger partial charge in [0, 0.05) is 30.0 Å². The van der Waals surface area contributed by atoms with Gasteiger partial charge in [0.05, 0.1) is 6.04 Å². The lowest BCUT2D eigenvalue weighted by Gasteiger charge is -2.26. The van der Waals surface area contributed by atoms with E-state index in [9.17, 15) is 9.59 Å². The molecule has 0 aliphatic carbocycles. The van der Waals surface area contributed by atoms with Gasteiger partial charge in [-0.2, -0.15) is 0 Å². The lowest BCUT2D eigenvalue weighted by molar-refractivity contribution is -0.121. The summed E-state index contributed by atoms with van der Waals surface area (Å²) >= 11 is 1.74. The molecule has 1 atom stereocenters. The summed E-state index contributed by atoms with van der Waals surface area (Å²) in [5.41, 5.74) is 0.611. The van der Waals surface area contributed by atoms with Crippen LogP contribution >= 0.6 is 11.3 Å². The van der Waals surface area contributed by atoms with Gasteiger partial charge < -0.3 is 10.6 Å². The first-order chi connectivity index (χ1) is 12.7. The topological polar surface area (TPSA) is 61.4 Å². The SMILES string of the molecule is O=C(CCNC(=O)c1ccccc1)NCC(c1cccs1)N1CCCC1. The van der Waals surface area contributed by atoms with Crippen molar-refractivity contribution >= 4 is 23.2 Å². The Labute approximate surface area is 158 Å². The zero-order valence-corrected chi connectivity index (χ0v) is 15.6. The van der Waals surface area contributed by atoms with Crippen LogP contribution in [0.15, 0.2) is 47.8 Å². The van der Waals surface area contributed by atoms with Crippen molar-refractivity contribution in [1.82, 2.24) is 15.5 Å². The normalized spacial score (nSPS) is 15.5. The molecule has 0 spiro atoms. The fraction of sp³-hybridized carbons (Fsp3) is 0.400. The van der Waals surface area contributed by atoms with Crippen molar-refractivity contribution in [2.45, 2.75) is 25.3 Å². The number of carbonyl (C=O) groups is 2. The average Bonchev–Trinajstić information content (AvgIpc) is 3.37. The molecule has 2 N–H and O–H groups in total. The summed E-state index contributed by atoms with van der Waals surface area (Å²) < 4.78 is 0. The number of hydrogen-bond acceptors (Lipinski definition) is 4. The van der Waals surface area contributed by atoms with Gasteiger partial charge in [0.2, 0.25) is 5.91 Å². The van der Waals surface area contributed by atoms with E-state index in [2.05, 4.69) is 33.0 Å². The molecule has 6 heteroatoms. The highest BCUT2D eigenvalue weighted by Gasteiger charge is 2.24. The van der Waals surface area contributed by atoms with Gasteiger partial charge in [-0.15, -0.1) is 11.3 Å². The molecule has 1 aromatic heterocycles. The number of benzene rings is 1. The molecule has 1 aliphatic rings. The molecule has 2 amide bonds. The second-order valence-corrected chi connectivity index (χ2v) is 7.43. The molecule has 1 aliphatic heterocycles. The van der Waals surface area contributed by atoms with Gasteiger partial charge in [0.25, 0.3) is 5.91 Å². The molecule has 1 unspecified atom stereocenters. The molecule has 3 rings (SSSR count). The number of nitrogens with one attached hydrogen (secondary N) is 2. The van der Waals surface area contributed by atoms with E-state index < -0.39 is 0 Å². The lowest BCUT2D eigenvalue weighted by Crippen LogP contribution is -2.37. The predicted octanol–water partition coefficient (Wildman–Crippen LogP) is 2.82. The summed E-state index contributed by atoms with van der Waals surface area (Å²) in [7, 11) is 0. The molecule has 2 heterocycles. The summed E-state index contributed by atoms with van der Waals surface area (Å²) in [6, 6.07) is 13.5. The van der Waals surface area contributed by atoms with Crippen molar-refractivity contribution in [3.05, 3.63) is 58.3 Å². The number of thiophene rings is 1. The monoisotopic (exact) mass is 371 g/mol. The summed E-state index contributed by atoms with van der Waals surface area (Å²) in [5.74, 6) is -0.175. The molecule has 1 saturated heterocycles. The van der Waals surface area contributed by atoms with Gasteiger partial charge >= 0.3 is 0 Å². The van der Waals surface area contributed by atoms with E-state index in [0.717, 1.165) is 13.1 Å². The highest BCUT2D eigenvalue weighted by atomic mass is 32.1. The first-order valence-electron chi connectivity index (χ1n) is 9.11. The molecular weight excluding hydrogens is 346 g/mol. The second-order valence-electron chi connectivity index (χ2n) is 6.45. The van der Waals surface area contributed by atoms with Crippen molar-refractivity contribution in [2.24, 2.45) is 0 Å². The van der Waals surface area contributed by atoms with E-state index in [0.29, 0.717) is 18.7 Å². The molecule has 1 aromatic carbocycles. The van der Waals surface area contributed by atoms with Crippen LogP contribution < -0.4 is 10.6 Å². The van der Waals surface area contributed by atoms with Crippen LogP contribution in [0, 0.1) is 0 Å². The summed E-state index contributed by atoms with van der Waals surface area (Å²) in [5, 5.41) is 7.91. The van der Waals surface area contributed by atoms with Gasteiger partial charge in [-0.3, -0.25) is 14.5 Å². The van der Waals surface area contributed by atoms with Gasteiger partial charge in [-0.25, -0.2) is 0 Å². The van der Waals surface area contributed by atoms with Gasteiger partial charge in [0.1, 0.15) is 0 Å². The van der Waals surface area contributed by atoms with Gasteiger partial charge in [-0.05, 0) is 49.5 Å². The van der Waals surface area contributed by atoms with Gasteiger partial charge in [-0.1, -0.05) is 24.3 Å². The van der Waals surface area contributed by atoms with E-state index in [1.807, 2.05) is 18.2 Å². The van der Waals surface area contributed by atoms with Crippen molar-refractivity contribution in [2.75, 3.05) is 26.2 Å². The van der Waals surface area contributed by atoms with Crippen molar-refractivity contribution in [1.29, 1.82) is 0 Å². The first-order valence-corrected chi connectivity index (χ1v) is 9.99. The Morgan fingerprint density at radius 1 is 1.04 bits per heavy atom. The maximum Gasteiger partial charge on any atom is 0.251 e. The first kappa shape index (κ1) is 18.6. The van der Waals surface area contributed by atoms with Crippen LogP contribution in [0.2, 0.25) is 0 Å². The van der Waals surface area contributed by atoms with Gasteiger partial charge in [0.15, 0.2) is 0 Å². The third-order valence-corrected chi connectivity index (χ3v) is 5.59. The zero-order chi connectivity index (χ0) is 18.2. The van der Waals surface area contributed by atoms with Crippen molar-refractivity contribution in [3.63, 3.8) is 0 Å². The summed E-state index contributed by atoms with van der Waals surface area (Å²) in [6.07, 6.45) is 2.73. The Morgan fingerprint density at radius 2 is 1.81 bits per heavy atom. The maximum atomic E-state index is 12.2. The van der Waals surface area contributed by atoms with E-state index in [-0.39, 0.29) is 24.3 Å². The Bertz CT molecular complexity index is 697. The number of amides is 2. The molecule has 138 valence electrons. The van der Waals surface area contributed by atoms with Crippen LogP contribution in [0.25, 0.3) is 0 Å². The van der Waals surface area contributed by atoms with Crippen LogP contribution in [0.3, 0.4) is 0 Å². The van der Waals surface area contributed by atoms with Crippen LogP contribution in [0.1, 0.15) is 40.5 Å². The van der Waals surface area contributed by atoms with Crippen molar-refractivity contribution < 1.29 is 9.59 Å². The smallest absolute Gasteiger partial charge is 0.251 e. The summed E-state index contributed by atoms with van der Waals surface area (Å²) in [6.45, 7) is 3.13. The molecule has 2 aromatic rings. The second kappa shape index (κ2) is 9.50. The van der Waals surface area contributed by atoms with Crippen LogP contribution in [-0.2, 0) is 4.79 Å². The number of likely N-dealkylation sites (tertiary alicyclic amines) is 1. The number of hydrogen-bond donors (Lipinski definition) is 2. The largest absolute Gasteiger partial charge is 0.354 e. The minimum absolute atomic E-state index is 0.0286. The van der Waals surface area contributed by atoms with Crippen LogP contribution in [0.4, 0.5) is 0 Å². The van der Waals surface area contributed by atoms with Crippen molar-refractivity contribution in [3.8, 4) is 0 Å². The fourth-order valence-corrected chi connectivity index (χ4v) is 4.08. The third-order valence-electron chi connectivity index (χ3n) is 4.62. The lowest BCUT2D eigenvalue weighted by atomic mass is 10.2. The Hall–Kier alpha value is -2.18. The van der Waals surface area contributed by atoms with E-state index in [1.54, 1.807) is 23.5 Å². The molecule has 26 heavy (non-hydrogen) atoms. The number of nitrogens with zero attached hydrogens (tertiary/aromatic N) is 1. The Morgan fingerprint density at radius 3 is 2.50 bits per heavy atom. The standard InChI is InChI=1S/C20H25N3O2S/c24-19(10-11-21-20(25)16-7-2-1-3-8-16)22-15-17(18-9-6-14-26-18)23-12-4-5-13-23/h1-3,6-9,14,17H,4-5,10-13,15H2,(H,21,25)(H,22,24). The number of carbonyl (C=O) groups excluding carboxylic acids is 2. The van der Waals surface area contributed by atoms with E-state index in [4.69, 9.17) is 0 Å². The number of rotatable bonds is 8. The third kappa shape index (κ3) is 5.16. The van der Waals surface area contributed by atoms with E-state index in [1.165, 1.54) is 17.7 Å². The fourth-order valence-electron chi connectivity index (χ4n) is 3.22. The highest BCUT2D eigenvalue weighted by Crippen LogP contribution is 2.27. The predicted molar refractivity (Wildman–Crippen MR) is 104 cm³/mol. The zero-order valence-electron chi connectivity index (χ0n) is 14.8. The average molecular weight is 372 g/mol. The summed E-state index contributed by atoms with van der Waals surface area (Å²) in [4.78, 5) is 27.9. The van der Waals surface area contributed by atoms with Crippen LogP contribution in [0.5, 0.6) is 0 Å². The molecule has 0 saturated carbocycles. The quantitative estimate of drug-likeness (QED) is 0.750. The molecule has 1 fully saturated rings. The molecule has 5 nitrogen and oxygen atoms in total. The molecular formula is C20H25N3O2S. The van der Waals surface area contributed by atoms with E-state index >= 15 is 0 Å². The minimum atomic E-state index is -0.146. The minimum Gasteiger partial charge on any atom is -0.354 e. The highest BCUT2D eigenvalue weighted by molar-refractivity contribution is 7.10. The molecule has 0 bridgehead atoms. The Kier molecular flexibility index (Phi) is 6.80. The maximum absolute atomic E-state index is 12.2.